The van der Waals surface area contributed by atoms with Crippen LogP contribution in [-0.2, 0) is 0 Å². The molecule has 1 fully saturated rings. The molecule has 1 heterocycles. The minimum Gasteiger partial charge on any atom is -0.461 e. The van der Waals surface area contributed by atoms with Crippen LogP contribution in [0.4, 0.5) is 0 Å². The average molecular weight is 292 g/mol. The zero-order valence-corrected chi connectivity index (χ0v) is 12.9. The Morgan fingerprint density at radius 2 is 2.15 bits per heavy atom. The van der Waals surface area contributed by atoms with Crippen molar-refractivity contribution in [1.29, 1.82) is 0 Å². The smallest absolute Gasteiger partial charge is 0.134 e. The molecule has 0 saturated heterocycles. The second-order valence-corrected chi connectivity index (χ2v) is 6.76. The zero-order valence-electron chi connectivity index (χ0n) is 12.2. The highest BCUT2D eigenvalue weighted by Crippen LogP contribution is 2.43. The van der Waals surface area contributed by atoms with Crippen molar-refractivity contribution in [3.63, 3.8) is 0 Å². The molecule has 1 aromatic carbocycles. The largest absolute Gasteiger partial charge is 0.461 e. The van der Waals surface area contributed by atoms with E-state index >= 15 is 0 Å². The van der Waals surface area contributed by atoms with Crippen molar-refractivity contribution in [2.75, 3.05) is 13.1 Å². The first-order valence-electron chi connectivity index (χ1n) is 7.53. The average Bonchev–Trinajstić information content (AvgIpc) is 2.74. The van der Waals surface area contributed by atoms with Crippen LogP contribution >= 0.6 is 11.6 Å². The molecule has 0 spiro atoms. The summed E-state index contributed by atoms with van der Waals surface area (Å²) in [6.07, 6.45) is 2.54. The summed E-state index contributed by atoms with van der Waals surface area (Å²) in [5.41, 5.74) is 0.949. The normalized spacial score (nSPS) is 22.4. The highest BCUT2D eigenvalue weighted by atomic mass is 35.5. The predicted molar refractivity (Wildman–Crippen MR) is 84.4 cm³/mol. The maximum atomic E-state index is 6.03. The molecule has 2 atom stereocenters. The molecule has 1 aromatic heterocycles. The Balaban J connectivity index is 1.68. The van der Waals surface area contributed by atoms with E-state index in [1.54, 1.807) is 0 Å². The third-order valence-electron chi connectivity index (χ3n) is 4.24. The van der Waals surface area contributed by atoms with Gasteiger partial charge in [-0.3, -0.25) is 0 Å². The molecule has 1 aliphatic rings. The summed E-state index contributed by atoms with van der Waals surface area (Å²) in [7, 11) is 0. The molecule has 1 saturated carbocycles. The summed E-state index contributed by atoms with van der Waals surface area (Å²) < 4.78 is 6.00. The molecule has 0 aliphatic heterocycles. The van der Waals surface area contributed by atoms with Crippen LogP contribution in [0.3, 0.4) is 0 Å². The van der Waals surface area contributed by atoms with Gasteiger partial charge in [-0.05, 0) is 62.0 Å². The molecule has 0 amide bonds. The molecule has 1 N–H and O–H groups in total. The molecule has 3 heteroatoms. The van der Waals surface area contributed by atoms with Gasteiger partial charge >= 0.3 is 0 Å². The standard InChI is InChI=1S/C17H22ClNO/c1-11(2)9-19-10-12-3-5-15(12)17-8-13-7-14(18)4-6-16(13)20-17/h4,6-8,11-12,15,19H,3,5,9-10H2,1-2H3. The van der Waals surface area contributed by atoms with E-state index in [4.69, 9.17) is 16.0 Å². The van der Waals surface area contributed by atoms with Gasteiger partial charge in [-0.2, -0.15) is 0 Å². The topological polar surface area (TPSA) is 25.2 Å². The van der Waals surface area contributed by atoms with Crippen LogP contribution in [0.25, 0.3) is 11.0 Å². The molecule has 2 unspecified atom stereocenters. The van der Waals surface area contributed by atoms with Crippen LogP contribution < -0.4 is 5.32 Å². The minimum absolute atomic E-state index is 0.570. The molecule has 1 aliphatic carbocycles. The van der Waals surface area contributed by atoms with E-state index in [2.05, 4.69) is 25.2 Å². The minimum atomic E-state index is 0.570. The Kier molecular flexibility index (Phi) is 4.04. The molecule has 108 valence electrons. The zero-order chi connectivity index (χ0) is 14.1. The van der Waals surface area contributed by atoms with Crippen molar-refractivity contribution in [3.8, 4) is 0 Å². The lowest BCUT2D eigenvalue weighted by Crippen LogP contribution is -2.35. The molecule has 2 aromatic rings. The fraction of sp³-hybridized carbons (Fsp3) is 0.529. The van der Waals surface area contributed by atoms with Crippen LogP contribution in [-0.4, -0.2) is 13.1 Å². The molecule has 0 bridgehead atoms. The van der Waals surface area contributed by atoms with Crippen LogP contribution in [0.2, 0.25) is 5.02 Å². The summed E-state index contributed by atoms with van der Waals surface area (Å²) >= 11 is 6.03. The van der Waals surface area contributed by atoms with Crippen LogP contribution in [0.15, 0.2) is 28.7 Å². The predicted octanol–water partition coefficient (Wildman–Crippen LogP) is 4.83. The third-order valence-corrected chi connectivity index (χ3v) is 4.47. The molecule has 20 heavy (non-hydrogen) atoms. The second-order valence-electron chi connectivity index (χ2n) is 6.33. The van der Waals surface area contributed by atoms with E-state index < -0.39 is 0 Å². The van der Waals surface area contributed by atoms with E-state index in [9.17, 15) is 0 Å². The Labute approximate surface area is 125 Å². The third kappa shape index (κ3) is 2.87. The van der Waals surface area contributed by atoms with E-state index in [0.29, 0.717) is 17.8 Å². The fourth-order valence-corrected chi connectivity index (χ4v) is 3.14. The van der Waals surface area contributed by atoms with Gasteiger partial charge in [0.25, 0.3) is 0 Å². The lowest BCUT2D eigenvalue weighted by molar-refractivity contribution is 0.217. The van der Waals surface area contributed by atoms with E-state index in [1.807, 2.05) is 18.2 Å². The first-order valence-corrected chi connectivity index (χ1v) is 7.91. The van der Waals surface area contributed by atoms with Gasteiger partial charge in [0.1, 0.15) is 11.3 Å². The van der Waals surface area contributed by atoms with Gasteiger partial charge in [0, 0.05) is 16.3 Å². The van der Waals surface area contributed by atoms with Crippen molar-refractivity contribution in [2.45, 2.75) is 32.6 Å². The maximum Gasteiger partial charge on any atom is 0.134 e. The van der Waals surface area contributed by atoms with Crippen molar-refractivity contribution in [3.05, 3.63) is 35.0 Å². The molecular weight excluding hydrogens is 270 g/mol. The van der Waals surface area contributed by atoms with E-state index in [-0.39, 0.29) is 0 Å². The van der Waals surface area contributed by atoms with Gasteiger partial charge in [0.15, 0.2) is 0 Å². The van der Waals surface area contributed by atoms with Crippen molar-refractivity contribution in [2.24, 2.45) is 11.8 Å². The van der Waals surface area contributed by atoms with Crippen molar-refractivity contribution in [1.82, 2.24) is 5.32 Å². The van der Waals surface area contributed by atoms with Gasteiger partial charge in [-0.15, -0.1) is 0 Å². The maximum absolute atomic E-state index is 6.03. The molecule has 3 rings (SSSR count). The SMILES string of the molecule is CC(C)CNCC1CCC1c1cc2cc(Cl)ccc2o1. The van der Waals surface area contributed by atoms with Crippen molar-refractivity contribution >= 4 is 22.6 Å². The van der Waals surface area contributed by atoms with Crippen molar-refractivity contribution < 1.29 is 4.42 Å². The first-order chi connectivity index (χ1) is 9.63. The van der Waals surface area contributed by atoms with Gasteiger partial charge in [0.2, 0.25) is 0 Å². The number of furan rings is 1. The highest BCUT2D eigenvalue weighted by molar-refractivity contribution is 6.31. The Morgan fingerprint density at radius 3 is 2.85 bits per heavy atom. The van der Waals surface area contributed by atoms with Gasteiger partial charge in [-0.1, -0.05) is 25.4 Å². The number of fused-ring (bicyclic) bond motifs is 1. The summed E-state index contributed by atoms with van der Waals surface area (Å²) in [5.74, 6) is 3.12. The number of halogens is 1. The molecular formula is C17H22ClNO. The first kappa shape index (κ1) is 14.0. The number of nitrogens with one attached hydrogen (secondary N) is 1. The number of hydrogen-bond donors (Lipinski definition) is 1. The summed E-state index contributed by atoms with van der Waals surface area (Å²) in [6, 6.07) is 8.00. The quantitative estimate of drug-likeness (QED) is 0.854. The van der Waals surface area contributed by atoms with Gasteiger partial charge in [0.05, 0.1) is 0 Å². The summed E-state index contributed by atoms with van der Waals surface area (Å²) in [4.78, 5) is 0. The Bertz CT molecular complexity index is 590. The monoisotopic (exact) mass is 291 g/mol. The van der Waals surface area contributed by atoms with Crippen LogP contribution in [0.5, 0.6) is 0 Å². The Morgan fingerprint density at radius 1 is 1.30 bits per heavy atom. The van der Waals surface area contributed by atoms with E-state index in [0.717, 1.165) is 34.8 Å². The summed E-state index contributed by atoms with van der Waals surface area (Å²) in [6.45, 7) is 6.68. The summed E-state index contributed by atoms with van der Waals surface area (Å²) in [5, 5.41) is 5.46. The van der Waals surface area contributed by atoms with Crippen LogP contribution in [0.1, 0.15) is 38.4 Å². The lowest BCUT2D eigenvalue weighted by atomic mass is 9.72. The lowest BCUT2D eigenvalue weighted by Gasteiger charge is -2.35. The number of hydrogen-bond acceptors (Lipinski definition) is 2. The van der Waals surface area contributed by atoms with Crippen LogP contribution in [0, 0.1) is 11.8 Å². The molecule has 0 radical (unpaired) electrons. The Hall–Kier alpha value is -0.990. The van der Waals surface area contributed by atoms with E-state index in [1.165, 1.54) is 12.8 Å². The van der Waals surface area contributed by atoms with Gasteiger partial charge in [-0.25, -0.2) is 0 Å². The fourth-order valence-electron chi connectivity index (χ4n) is 2.96. The second kappa shape index (κ2) is 5.79. The number of rotatable bonds is 5. The number of benzene rings is 1. The van der Waals surface area contributed by atoms with Gasteiger partial charge < -0.3 is 9.73 Å². The highest BCUT2D eigenvalue weighted by Gasteiger charge is 2.34. The molecule has 2 nitrogen and oxygen atoms in total.